The Labute approximate surface area is 120 Å². The molecule has 1 heterocycles. The van der Waals surface area contributed by atoms with Crippen molar-refractivity contribution in [1.29, 1.82) is 0 Å². The topological polar surface area (TPSA) is 69.6 Å². The number of nitrogens with zero attached hydrogens (tertiary/aromatic N) is 1. The highest BCUT2D eigenvalue weighted by atomic mass is 32.2. The number of rotatable bonds is 6. The summed E-state index contributed by atoms with van der Waals surface area (Å²) in [5, 5.41) is 9.41. The molecule has 1 fully saturated rings. The van der Waals surface area contributed by atoms with Gasteiger partial charge >= 0.3 is 0 Å². The molecule has 0 aliphatic carbocycles. The van der Waals surface area contributed by atoms with Crippen LogP contribution in [0.2, 0.25) is 0 Å². The van der Waals surface area contributed by atoms with Gasteiger partial charge in [0.1, 0.15) is 0 Å². The lowest BCUT2D eigenvalue weighted by Crippen LogP contribution is -2.33. The van der Waals surface area contributed by atoms with Gasteiger partial charge in [0.05, 0.1) is 11.0 Å². The highest BCUT2D eigenvalue weighted by Crippen LogP contribution is 2.15. The zero-order chi connectivity index (χ0) is 14.6. The van der Waals surface area contributed by atoms with Crippen molar-refractivity contribution >= 4 is 10.0 Å². The smallest absolute Gasteiger partial charge is 0.240 e. The van der Waals surface area contributed by atoms with Crippen LogP contribution in [0.1, 0.15) is 31.4 Å². The molecule has 0 spiro atoms. The van der Waals surface area contributed by atoms with Gasteiger partial charge in [0.2, 0.25) is 10.0 Å². The van der Waals surface area contributed by atoms with Crippen LogP contribution in [0.25, 0.3) is 0 Å². The van der Waals surface area contributed by atoms with Crippen LogP contribution in [-0.2, 0) is 10.0 Å². The average molecular weight is 298 g/mol. The molecule has 1 aliphatic rings. The van der Waals surface area contributed by atoms with E-state index in [4.69, 9.17) is 0 Å². The summed E-state index contributed by atoms with van der Waals surface area (Å²) in [6, 6.07) is 6.33. The fraction of sp³-hybridized carbons (Fsp3) is 0.571. The minimum Gasteiger partial charge on any atom is -0.389 e. The van der Waals surface area contributed by atoms with E-state index in [0.717, 1.165) is 19.6 Å². The number of aliphatic hydroxyl groups is 1. The van der Waals surface area contributed by atoms with Crippen LogP contribution < -0.4 is 4.72 Å². The van der Waals surface area contributed by atoms with E-state index >= 15 is 0 Å². The third-order valence-corrected chi connectivity index (χ3v) is 5.07. The van der Waals surface area contributed by atoms with Crippen LogP contribution in [0.4, 0.5) is 0 Å². The SMILES string of the molecule is CC(O)c1ccc(S(=O)(=O)NCCN2CCCC2)cc1. The number of benzene rings is 1. The molecule has 0 bridgehead atoms. The minimum atomic E-state index is -3.45. The van der Waals surface area contributed by atoms with E-state index in [-0.39, 0.29) is 4.90 Å². The van der Waals surface area contributed by atoms with Crippen LogP contribution in [-0.4, -0.2) is 44.6 Å². The van der Waals surface area contributed by atoms with Crippen LogP contribution in [0.3, 0.4) is 0 Å². The molecular formula is C14H22N2O3S. The second kappa shape index (κ2) is 6.67. The first-order chi connectivity index (χ1) is 9.49. The van der Waals surface area contributed by atoms with Gasteiger partial charge in [-0.15, -0.1) is 0 Å². The average Bonchev–Trinajstić information content (AvgIpc) is 2.92. The van der Waals surface area contributed by atoms with Gasteiger partial charge in [-0.1, -0.05) is 12.1 Å². The number of aliphatic hydroxyl groups excluding tert-OH is 1. The molecule has 0 saturated carbocycles. The van der Waals surface area contributed by atoms with Gasteiger partial charge in [0, 0.05) is 13.1 Å². The van der Waals surface area contributed by atoms with Crippen molar-refractivity contribution in [2.24, 2.45) is 0 Å². The standard InChI is InChI=1S/C14H22N2O3S/c1-12(17)13-4-6-14(7-5-13)20(18,19)15-8-11-16-9-2-3-10-16/h4-7,12,15,17H,2-3,8-11H2,1H3. The molecule has 1 unspecified atom stereocenters. The number of hydrogen-bond donors (Lipinski definition) is 2. The second-order valence-corrected chi connectivity index (χ2v) is 6.96. The summed E-state index contributed by atoms with van der Waals surface area (Å²) >= 11 is 0. The number of hydrogen-bond acceptors (Lipinski definition) is 4. The molecule has 112 valence electrons. The maximum absolute atomic E-state index is 12.1. The molecule has 1 saturated heterocycles. The van der Waals surface area contributed by atoms with Gasteiger partial charge in [-0.3, -0.25) is 0 Å². The summed E-state index contributed by atoms with van der Waals surface area (Å²) in [7, 11) is -3.45. The van der Waals surface area contributed by atoms with Gasteiger partial charge in [-0.05, 0) is 50.6 Å². The van der Waals surface area contributed by atoms with Gasteiger partial charge in [-0.25, -0.2) is 13.1 Å². The Balaban J connectivity index is 1.91. The van der Waals surface area contributed by atoms with Crippen molar-refractivity contribution < 1.29 is 13.5 Å². The van der Waals surface area contributed by atoms with E-state index in [1.54, 1.807) is 19.1 Å². The maximum Gasteiger partial charge on any atom is 0.240 e. The number of sulfonamides is 1. The van der Waals surface area contributed by atoms with Gasteiger partial charge in [0.25, 0.3) is 0 Å². The molecule has 1 aliphatic heterocycles. The van der Waals surface area contributed by atoms with Crippen molar-refractivity contribution in [2.45, 2.75) is 30.8 Å². The Bertz CT molecular complexity index is 520. The fourth-order valence-electron chi connectivity index (χ4n) is 2.35. The Morgan fingerprint density at radius 1 is 1.25 bits per heavy atom. The third kappa shape index (κ3) is 4.02. The quantitative estimate of drug-likeness (QED) is 0.825. The zero-order valence-corrected chi connectivity index (χ0v) is 12.6. The lowest BCUT2D eigenvalue weighted by molar-refractivity contribution is 0.199. The van der Waals surface area contributed by atoms with Gasteiger partial charge in [0.15, 0.2) is 0 Å². The lowest BCUT2D eigenvalue weighted by Gasteiger charge is -2.15. The summed E-state index contributed by atoms with van der Waals surface area (Å²) in [6.07, 6.45) is 1.82. The molecule has 1 atom stereocenters. The predicted octanol–water partition coefficient (Wildman–Crippen LogP) is 1.11. The van der Waals surface area contributed by atoms with Crippen molar-refractivity contribution in [2.75, 3.05) is 26.2 Å². The maximum atomic E-state index is 12.1. The lowest BCUT2D eigenvalue weighted by atomic mass is 10.1. The Morgan fingerprint density at radius 3 is 2.40 bits per heavy atom. The summed E-state index contributed by atoms with van der Waals surface area (Å²) in [5.74, 6) is 0. The molecule has 0 amide bonds. The summed E-state index contributed by atoms with van der Waals surface area (Å²) in [6.45, 7) is 4.96. The Morgan fingerprint density at radius 2 is 1.85 bits per heavy atom. The zero-order valence-electron chi connectivity index (χ0n) is 11.7. The number of nitrogens with one attached hydrogen (secondary N) is 1. The summed E-state index contributed by atoms with van der Waals surface area (Å²) < 4.78 is 26.8. The molecule has 20 heavy (non-hydrogen) atoms. The molecule has 0 radical (unpaired) electrons. The van der Waals surface area contributed by atoms with Crippen LogP contribution in [0, 0.1) is 0 Å². The molecule has 1 aromatic carbocycles. The molecular weight excluding hydrogens is 276 g/mol. The predicted molar refractivity (Wildman–Crippen MR) is 77.9 cm³/mol. The Kier molecular flexibility index (Phi) is 5.15. The van der Waals surface area contributed by atoms with Crippen molar-refractivity contribution in [1.82, 2.24) is 9.62 Å². The molecule has 6 heteroatoms. The molecule has 1 aromatic rings. The highest BCUT2D eigenvalue weighted by molar-refractivity contribution is 7.89. The van der Waals surface area contributed by atoms with E-state index in [1.165, 1.54) is 25.0 Å². The van der Waals surface area contributed by atoms with Gasteiger partial charge < -0.3 is 10.0 Å². The molecule has 5 nitrogen and oxygen atoms in total. The van der Waals surface area contributed by atoms with E-state index in [1.807, 2.05) is 0 Å². The largest absolute Gasteiger partial charge is 0.389 e. The molecule has 2 N–H and O–H groups in total. The van der Waals surface area contributed by atoms with E-state index in [2.05, 4.69) is 9.62 Å². The summed E-state index contributed by atoms with van der Waals surface area (Å²) in [5.41, 5.74) is 0.709. The first-order valence-corrected chi connectivity index (χ1v) is 8.47. The number of likely N-dealkylation sites (tertiary alicyclic amines) is 1. The highest BCUT2D eigenvalue weighted by Gasteiger charge is 2.16. The first-order valence-electron chi connectivity index (χ1n) is 6.99. The third-order valence-electron chi connectivity index (χ3n) is 3.59. The molecule has 2 rings (SSSR count). The van der Waals surface area contributed by atoms with Crippen LogP contribution in [0.5, 0.6) is 0 Å². The van der Waals surface area contributed by atoms with Crippen molar-refractivity contribution in [3.8, 4) is 0 Å². The van der Waals surface area contributed by atoms with E-state index in [0.29, 0.717) is 12.1 Å². The van der Waals surface area contributed by atoms with Crippen molar-refractivity contribution in [3.05, 3.63) is 29.8 Å². The van der Waals surface area contributed by atoms with Crippen LogP contribution in [0.15, 0.2) is 29.2 Å². The summed E-state index contributed by atoms with van der Waals surface area (Å²) in [4.78, 5) is 2.50. The Hall–Kier alpha value is -0.950. The van der Waals surface area contributed by atoms with Crippen molar-refractivity contribution in [3.63, 3.8) is 0 Å². The van der Waals surface area contributed by atoms with E-state index < -0.39 is 16.1 Å². The minimum absolute atomic E-state index is 0.239. The second-order valence-electron chi connectivity index (χ2n) is 5.19. The van der Waals surface area contributed by atoms with E-state index in [9.17, 15) is 13.5 Å². The van der Waals surface area contributed by atoms with Gasteiger partial charge in [-0.2, -0.15) is 0 Å². The first kappa shape index (κ1) is 15.4. The molecule has 0 aromatic heterocycles. The monoisotopic (exact) mass is 298 g/mol. The van der Waals surface area contributed by atoms with Crippen LogP contribution >= 0.6 is 0 Å². The normalized spacial score (nSPS) is 18.3. The fourth-order valence-corrected chi connectivity index (χ4v) is 3.37.